The van der Waals surface area contributed by atoms with E-state index in [1.807, 2.05) is 25.3 Å². The van der Waals surface area contributed by atoms with Gasteiger partial charge in [-0.15, -0.1) is 11.3 Å². The predicted molar refractivity (Wildman–Crippen MR) is 66.6 cm³/mol. The van der Waals surface area contributed by atoms with Crippen LogP contribution in [0.2, 0.25) is 0 Å². The Morgan fingerprint density at radius 2 is 2.13 bits per heavy atom. The van der Waals surface area contributed by atoms with Gasteiger partial charge < -0.3 is 10.1 Å². The topological polar surface area (TPSA) is 21.3 Å². The van der Waals surface area contributed by atoms with Gasteiger partial charge in [-0.3, -0.25) is 0 Å². The van der Waals surface area contributed by atoms with Gasteiger partial charge in [0.2, 0.25) is 0 Å². The Morgan fingerprint density at radius 1 is 1.47 bits per heavy atom. The van der Waals surface area contributed by atoms with Gasteiger partial charge in [-0.1, -0.05) is 0 Å². The lowest BCUT2D eigenvalue weighted by Gasteiger charge is -2.33. The zero-order chi connectivity index (χ0) is 11.5. The number of ether oxygens (including phenoxy) is 1. The molecule has 2 nitrogen and oxygen atoms in total. The molecule has 0 saturated carbocycles. The van der Waals surface area contributed by atoms with Crippen molar-refractivity contribution in [2.45, 2.75) is 39.3 Å². The highest BCUT2D eigenvalue weighted by atomic mass is 32.1. The standard InChI is InChI=1S/C12H21NOS/c1-6-14-12(3,4)11(13-5)10-8-7-9(2)15-10/h7-8,11,13H,6H2,1-5H3. The van der Waals surface area contributed by atoms with Crippen LogP contribution in [0.15, 0.2) is 12.1 Å². The van der Waals surface area contributed by atoms with Gasteiger partial charge in [-0.2, -0.15) is 0 Å². The van der Waals surface area contributed by atoms with E-state index in [1.165, 1.54) is 9.75 Å². The maximum absolute atomic E-state index is 5.79. The van der Waals surface area contributed by atoms with Crippen molar-refractivity contribution in [1.29, 1.82) is 0 Å². The van der Waals surface area contributed by atoms with E-state index < -0.39 is 0 Å². The molecule has 0 bridgehead atoms. The molecule has 1 heterocycles. The molecule has 0 aromatic carbocycles. The van der Waals surface area contributed by atoms with E-state index in [0.717, 1.165) is 6.61 Å². The molecular weight excluding hydrogens is 206 g/mol. The summed E-state index contributed by atoms with van der Waals surface area (Å²) in [6, 6.07) is 4.60. The summed E-state index contributed by atoms with van der Waals surface area (Å²) in [5, 5.41) is 3.34. The second kappa shape index (κ2) is 5.10. The number of aryl methyl sites for hydroxylation is 1. The molecule has 1 rings (SSSR count). The second-order valence-electron chi connectivity index (χ2n) is 4.21. The molecule has 0 aliphatic heterocycles. The van der Waals surface area contributed by atoms with E-state index in [9.17, 15) is 0 Å². The van der Waals surface area contributed by atoms with E-state index in [1.54, 1.807) is 0 Å². The minimum atomic E-state index is -0.166. The van der Waals surface area contributed by atoms with E-state index >= 15 is 0 Å². The number of hydrogen-bond donors (Lipinski definition) is 1. The fraction of sp³-hybridized carbons (Fsp3) is 0.667. The first-order valence-corrected chi connectivity index (χ1v) is 6.20. The molecule has 1 aromatic rings. The Bertz CT molecular complexity index is 306. The van der Waals surface area contributed by atoms with Crippen LogP contribution in [-0.4, -0.2) is 19.3 Å². The largest absolute Gasteiger partial charge is 0.374 e. The zero-order valence-electron chi connectivity index (χ0n) is 10.3. The quantitative estimate of drug-likeness (QED) is 0.834. The molecule has 0 radical (unpaired) electrons. The van der Waals surface area contributed by atoms with Gasteiger partial charge >= 0.3 is 0 Å². The van der Waals surface area contributed by atoms with Crippen LogP contribution < -0.4 is 5.32 Å². The molecule has 3 heteroatoms. The molecule has 0 aliphatic carbocycles. The minimum absolute atomic E-state index is 0.166. The van der Waals surface area contributed by atoms with Gasteiger partial charge in [0.1, 0.15) is 0 Å². The summed E-state index contributed by atoms with van der Waals surface area (Å²) in [7, 11) is 1.99. The Balaban J connectivity index is 2.88. The molecule has 0 spiro atoms. The Labute approximate surface area is 96.7 Å². The number of nitrogens with one attached hydrogen (secondary N) is 1. The van der Waals surface area contributed by atoms with Crippen molar-refractivity contribution in [1.82, 2.24) is 5.32 Å². The lowest BCUT2D eigenvalue weighted by atomic mass is 9.97. The van der Waals surface area contributed by atoms with Gasteiger partial charge in [-0.25, -0.2) is 0 Å². The number of thiophene rings is 1. The van der Waals surface area contributed by atoms with E-state index in [-0.39, 0.29) is 11.6 Å². The molecule has 86 valence electrons. The van der Waals surface area contributed by atoms with E-state index in [0.29, 0.717) is 0 Å². The maximum Gasteiger partial charge on any atom is 0.0828 e. The fourth-order valence-electron chi connectivity index (χ4n) is 1.90. The monoisotopic (exact) mass is 227 g/mol. The Kier molecular flexibility index (Phi) is 4.32. The average Bonchev–Trinajstić information content (AvgIpc) is 2.52. The van der Waals surface area contributed by atoms with Crippen molar-refractivity contribution in [3.63, 3.8) is 0 Å². The minimum Gasteiger partial charge on any atom is -0.374 e. The van der Waals surface area contributed by atoms with Crippen molar-refractivity contribution in [3.05, 3.63) is 21.9 Å². The fourth-order valence-corrected chi connectivity index (χ4v) is 3.06. The summed E-state index contributed by atoms with van der Waals surface area (Å²) >= 11 is 1.83. The highest BCUT2D eigenvalue weighted by Crippen LogP contribution is 2.32. The molecule has 1 aromatic heterocycles. The SMILES string of the molecule is CCOC(C)(C)C(NC)c1ccc(C)s1. The molecule has 0 saturated heterocycles. The maximum atomic E-state index is 5.79. The molecule has 0 aliphatic rings. The van der Waals surface area contributed by atoms with Crippen molar-refractivity contribution >= 4 is 11.3 Å². The normalized spacial score (nSPS) is 14.2. The number of hydrogen-bond acceptors (Lipinski definition) is 3. The van der Waals surface area contributed by atoms with Crippen molar-refractivity contribution < 1.29 is 4.74 Å². The van der Waals surface area contributed by atoms with Crippen molar-refractivity contribution in [2.75, 3.05) is 13.7 Å². The van der Waals surface area contributed by atoms with Crippen LogP contribution in [-0.2, 0) is 4.74 Å². The van der Waals surface area contributed by atoms with Crippen molar-refractivity contribution in [2.24, 2.45) is 0 Å². The molecule has 0 fully saturated rings. The number of likely N-dealkylation sites (N-methyl/N-ethyl adjacent to an activating group) is 1. The van der Waals surface area contributed by atoms with Gasteiger partial charge in [0, 0.05) is 16.4 Å². The summed E-state index contributed by atoms with van der Waals surface area (Å²) in [5.41, 5.74) is -0.166. The Hall–Kier alpha value is -0.380. The average molecular weight is 227 g/mol. The molecule has 15 heavy (non-hydrogen) atoms. The van der Waals surface area contributed by atoms with Gasteiger partial charge in [0.15, 0.2) is 0 Å². The summed E-state index contributed by atoms with van der Waals surface area (Å²) in [5.74, 6) is 0. The molecule has 1 unspecified atom stereocenters. The Morgan fingerprint density at radius 3 is 2.53 bits per heavy atom. The summed E-state index contributed by atoms with van der Waals surface area (Å²) in [6.07, 6.45) is 0. The molecule has 1 N–H and O–H groups in total. The summed E-state index contributed by atoms with van der Waals surface area (Å²) in [6.45, 7) is 9.18. The van der Waals surface area contributed by atoms with Gasteiger partial charge in [0.05, 0.1) is 11.6 Å². The van der Waals surface area contributed by atoms with Crippen LogP contribution in [0.1, 0.15) is 36.6 Å². The predicted octanol–water partition coefficient (Wildman–Crippen LogP) is 3.13. The van der Waals surface area contributed by atoms with E-state index in [4.69, 9.17) is 4.74 Å². The third kappa shape index (κ3) is 3.03. The zero-order valence-corrected chi connectivity index (χ0v) is 11.1. The summed E-state index contributed by atoms with van der Waals surface area (Å²) < 4.78 is 5.79. The molecule has 1 atom stereocenters. The van der Waals surface area contributed by atoms with Crippen LogP contribution in [0.5, 0.6) is 0 Å². The third-order valence-electron chi connectivity index (χ3n) is 2.55. The van der Waals surface area contributed by atoms with Crippen LogP contribution in [0.4, 0.5) is 0 Å². The first kappa shape index (κ1) is 12.7. The van der Waals surface area contributed by atoms with Crippen molar-refractivity contribution in [3.8, 4) is 0 Å². The smallest absolute Gasteiger partial charge is 0.0828 e. The van der Waals surface area contributed by atoms with Crippen LogP contribution in [0, 0.1) is 6.92 Å². The second-order valence-corrected chi connectivity index (χ2v) is 5.53. The highest BCUT2D eigenvalue weighted by molar-refractivity contribution is 7.12. The first-order chi connectivity index (χ1) is 7.01. The molecular formula is C12H21NOS. The highest BCUT2D eigenvalue weighted by Gasteiger charge is 2.30. The van der Waals surface area contributed by atoms with Crippen LogP contribution in [0.25, 0.3) is 0 Å². The lowest BCUT2D eigenvalue weighted by Crippen LogP contribution is -2.39. The first-order valence-electron chi connectivity index (χ1n) is 5.38. The van der Waals surface area contributed by atoms with E-state index in [2.05, 4.69) is 38.2 Å². The van der Waals surface area contributed by atoms with Gasteiger partial charge in [0.25, 0.3) is 0 Å². The molecule has 0 amide bonds. The van der Waals surface area contributed by atoms with Gasteiger partial charge in [-0.05, 0) is 46.9 Å². The van der Waals surface area contributed by atoms with Crippen LogP contribution in [0.3, 0.4) is 0 Å². The third-order valence-corrected chi connectivity index (χ3v) is 3.61. The number of rotatable bonds is 5. The van der Waals surface area contributed by atoms with Crippen LogP contribution >= 0.6 is 11.3 Å². The lowest BCUT2D eigenvalue weighted by molar-refractivity contribution is -0.0366. The summed E-state index contributed by atoms with van der Waals surface area (Å²) in [4.78, 5) is 2.69.